The van der Waals surface area contributed by atoms with Crippen LogP contribution in [0.2, 0.25) is 0 Å². The summed E-state index contributed by atoms with van der Waals surface area (Å²) in [4.78, 5) is 17.9. The van der Waals surface area contributed by atoms with E-state index in [0.717, 1.165) is 27.1 Å². The van der Waals surface area contributed by atoms with Crippen LogP contribution in [0.5, 0.6) is 0 Å². The molecule has 0 saturated carbocycles. The molecule has 3 aromatic heterocycles. The molecule has 0 bridgehead atoms. The Balaban J connectivity index is 2.04. The molecule has 0 N–H and O–H groups in total. The summed E-state index contributed by atoms with van der Waals surface area (Å²) in [7, 11) is 0. The summed E-state index contributed by atoms with van der Waals surface area (Å²) in [6.07, 6.45) is 2.39. The molecular formula is C12H11N3O2S2. The summed E-state index contributed by atoms with van der Waals surface area (Å²) in [5.74, 6) is 0.846. The van der Waals surface area contributed by atoms with Crippen molar-refractivity contribution >= 4 is 28.1 Å². The summed E-state index contributed by atoms with van der Waals surface area (Å²) in [6, 6.07) is 3.42. The third-order valence-corrected chi connectivity index (χ3v) is 4.75. The number of aromatic nitrogens is 3. The van der Waals surface area contributed by atoms with Gasteiger partial charge in [0, 0.05) is 11.8 Å². The first-order valence-corrected chi connectivity index (χ1v) is 7.42. The van der Waals surface area contributed by atoms with E-state index >= 15 is 0 Å². The van der Waals surface area contributed by atoms with Crippen LogP contribution >= 0.6 is 23.1 Å². The molecule has 19 heavy (non-hydrogen) atoms. The van der Waals surface area contributed by atoms with Crippen molar-refractivity contribution in [2.75, 3.05) is 0 Å². The molecule has 0 aliphatic heterocycles. The molecule has 7 heteroatoms. The highest BCUT2D eigenvalue weighted by atomic mass is 32.2. The zero-order chi connectivity index (χ0) is 13.4. The highest BCUT2D eigenvalue weighted by molar-refractivity contribution is 8.01. The molecule has 0 aliphatic rings. The lowest BCUT2D eigenvalue weighted by Gasteiger charge is -1.93. The van der Waals surface area contributed by atoms with Gasteiger partial charge in [-0.15, -0.1) is 5.10 Å². The molecule has 0 unspecified atom stereocenters. The Morgan fingerprint density at radius 3 is 3.05 bits per heavy atom. The lowest BCUT2D eigenvalue weighted by Crippen LogP contribution is -2.14. The topological polar surface area (TPSA) is 60.4 Å². The number of rotatable bonds is 3. The average molecular weight is 293 g/mol. The highest BCUT2D eigenvalue weighted by Gasteiger charge is 2.11. The van der Waals surface area contributed by atoms with E-state index in [-0.39, 0.29) is 5.56 Å². The molecule has 0 fully saturated rings. The molecule has 0 spiro atoms. The minimum atomic E-state index is -0.131. The molecule has 0 saturated heterocycles. The normalized spacial score (nSPS) is 11.3. The fourth-order valence-electron chi connectivity index (χ4n) is 1.63. The smallest absolute Gasteiger partial charge is 0.275 e. The van der Waals surface area contributed by atoms with Gasteiger partial charge in [-0.05, 0) is 19.4 Å². The zero-order valence-electron chi connectivity index (χ0n) is 10.4. The van der Waals surface area contributed by atoms with Crippen molar-refractivity contribution in [1.82, 2.24) is 14.6 Å². The van der Waals surface area contributed by atoms with Gasteiger partial charge < -0.3 is 4.42 Å². The Morgan fingerprint density at radius 1 is 1.53 bits per heavy atom. The van der Waals surface area contributed by atoms with E-state index in [4.69, 9.17) is 4.42 Å². The van der Waals surface area contributed by atoms with Crippen LogP contribution in [-0.4, -0.2) is 14.6 Å². The maximum Gasteiger partial charge on any atom is 0.275 e. The van der Waals surface area contributed by atoms with E-state index in [1.54, 1.807) is 6.26 Å². The molecule has 98 valence electrons. The van der Waals surface area contributed by atoms with E-state index in [2.05, 4.69) is 10.1 Å². The van der Waals surface area contributed by atoms with Crippen LogP contribution in [0, 0.1) is 6.92 Å². The second kappa shape index (κ2) is 4.82. The molecule has 5 nitrogen and oxygen atoms in total. The fourth-order valence-corrected chi connectivity index (χ4v) is 3.58. The van der Waals surface area contributed by atoms with Gasteiger partial charge in [0.1, 0.15) is 5.76 Å². The molecule has 0 aliphatic carbocycles. The molecule has 3 aromatic rings. The van der Waals surface area contributed by atoms with E-state index < -0.39 is 0 Å². The van der Waals surface area contributed by atoms with Gasteiger partial charge in [-0.1, -0.05) is 30.0 Å². The van der Waals surface area contributed by atoms with Gasteiger partial charge in [0.25, 0.3) is 5.56 Å². The van der Waals surface area contributed by atoms with Crippen molar-refractivity contribution in [3.63, 3.8) is 0 Å². The van der Waals surface area contributed by atoms with Crippen LogP contribution in [0.15, 0.2) is 36.8 Å². The second-order valence-electron chi connectivity index (χ2n) is 3.94. The average Bonchev–Trinajstić information content (AvgIpc) is 2.97. The minimum Gasteiger partial charge on any atom is -0.468 e. The van der Waals surface area contributed by atoms with E-state index in [1.165, 1.54) is 33.7 Å². The first-order chi connectivity index (χ1) is 9.17. The first-order valence-electron chi connectivity index (χ1n) is 5.79. The SMILES string of the molecule is CCc1cc(=O)n2nc(Sc3ccoc3C)sc2n1. The monoisotopic (exact) mass is 293 g/mol. The van der Waals surface area contributed by atoms with Gasteiger partial charge >= 0.3 is 0 Å². The largest absolute Gasteiger partial charge is 0.468 e. The number of hydrogen-bond acceptors (Lipinski definition) is 6. The van der Waals surface area contributed by atoms with Crippen molar-refractivity contribution < 1.29 is 4.42 Å². The number of aryl methyl sites for hydroxylation is 2. The van der Waals surface area contributed by atoms with Crippen molar-refractivity contribution in [3.8, 4) is 0 Å². The van der Waals surface area contributed by atoms with Gasteiger partial charge in [-0.2, -0.15) is 4.52 Å². The Hall–Kier alpha value is -1.60. The van der Waals surface area contributed by atoms with E-state index in [1.807, 2.05) is 19.9 Å². The lowest BCUT2D eigenvalue weighted by atomic mass is 10.3. The van der Waals surface area contributed by atoms with Crippen LogP contribution in [0.1, 0.15) is 18.4 Å². The third-order valence-electron chi connectivity index (χ3n) is 2.65. The maximum absolute atomic E-state index is 11.9. The summed E-state index contributed by atoms with van der Waals surface area (Å²) in [6.45, 7) is 3.87. The molecule has 0 radical (unpaired) electrons. The Labute approximate surface area is 117 Å². The predicted octanol–water partition coefficient (Wildman–Crippen LogP) is 2.77. The number of fused-ring (bicyclic) bond motifs is 1. The van der Waals surface area contributed by atoms with Gasteiger partial charge in [-0.3, -0.25) is 4.79 Å². The summed E-state index contributed by atoms with van der Waals surface area (Å²) in [5, 5.41) is 4.29. The number of furan rings is 1. The molecule has 0 atom stereocenters. The van der Waals surface area contributed by atoms with E-state index in [0.29, 0.717) is 4.96 Å². The molecule has 0 aromatic carbocycles. The van der Waals surface area contributed by atoms with Crippen LogP contribution in [-0.2, 0) is 6.42 Å². The Bertz CT molecular complexity index is 788. The Kier molecular flexibility index (Phi) is 3.16. The van der Waals surface area contributed by atoms with Gasteiger partial charge in [0.2, 0.25) is 4.96 Å². The van der Waals surface area contributed by atoms with Crippen LogP contribution in [0.3, 0.4) is 0 Å². The highest BCUT2D eigenvalue weighted by Crippen LogP contribution is 2.33. The standard InChI is InChI=1S/C12H11N3O2S2/c1-3-8-6-10(16)15-11(13-8)19-12(14-15)18-9-4-5-17-7(9)2/h4-6H,3H2,1-2H3. The van der Waals surface area contributed by atoms with Gasteiger partial charge in [-0.25, -0.2) is 4.98 Å². The van der Waals surface area contributed by atoms with Crippen LogP contribution < -0.4 is 5.56 Å². The van der Waals surface area contributed by atoms with Gasteiger partial charge in [0.15, 0.2) is 4.34 Å². The number of nitrogens with zero attached hydrogens (tertiary/aromatic N) is 3. The first kappa shape index (κ1) is 12.4. The van der Waals surface area contributed by atoms with Gasteiger partial charge in [0.05, 0.1) is 11.2 Å². The summed E-state index contributed by atoms with van der Waals surface area (Å²) < 4.78 is 7.37. The predicted molar refractivity (Wildman–Crippen MR) is 74.1 cm³/mol. The Morgan fingerprint density at radius 2 is 2.37 bits per heavy atom. The minimum absolute atomic E-state index is 0.131. The van der Waals surface area contributed by atoms with Crippen LogP contribution in [0.25, 0.3) is 4.96 Å². The summed E-state index contributed by atoms with van der Waals surface area (Å²) in [5.41, 5.74) is 0.665. The molecule has 3 heterocycles. The van der Waals surface area contributed by atoms with Crippen molar-refractivity contribution in [2.45, 2.75) is 29.5 Å². The quantitative estimate of drug-likeness (QED) is 0.743. The van der Waals surface area contributed by atoms with Crippen molar-refractivity contribution in [2.24, 2.45) is 0 Å². The zero-order valence-corrected chi connectivity index (χ0v) is 12.0. The third kappa shape index (κ3) is 2.31. The fraction of sp³-hybridized carbons (Fsp3) is 0.250. The van der Waals surface area contributed by atoms with Crippen molar-refractivity contribution in [3.05, 3.63) is 40.2 Å². The van der Waals surface area contributed by atoms with Crippen LogP contribution in [0.4, 0.5) is 0 Å². The number of hydrogen-bond donors (Lipinski definition) is 0. The molecular weight excluding hydrogens is 282 g/mol. The lowest BCUT2D eigenvalue weighted by molar-refractivity contribution is 0.527. The summed E-state index contributed by atoms with van der Waals surface area (Å²) >= 11 is 2.89. The van der Waals surface area contributed by atoms with Crippen molar-refractivity contribution in [1.29, 1.82) is 0 Å². The molecule has 0 amide bonds. The molecule has 3 rings (SSSR count). The maximum atomic E-state index is 11.9. The van der Waals surface area contributed by atoms with E-state index in [9.17, 15) is 4.79 Å². The second-order valence-corrected chi connectivity index (χ2v) is 6.19.